The lowest BCUT2D eigenvalue weighted by atomic mass is 10.0. The first-order chi connectivity index (χ1) is 13.8. The molecule has 1 N–H and O–H groups in total. The molecule has 0 spiro atoms. The van der Waals surface area contributed by atoms with E-state index in [-0.39, 0.29) is 11.5 Å². The monoisotopic (exact) mass is 410 g/mol. The van der Waals surface area contributed by atoms with Gasteiger partial charge in [-0.1, -0.05) is 6.08 Å². The van der Waals surface area contributed by atoms with Crippen LogP contribution >= 0.6 is 0 Å². The van der Waals surface area contributed by atoms with E-state index in [2.05, 4.69) is 0 Å². The van der Waals surface area contributed by atoms with Gasteiger partial charge in [0, 0.05) is 5.56 Å². The van der Waals surface area contributed by atoms with Crippen LogP contribution in [0.25, 0.3) is 6.08 Å². The van der Waals surface area contributed by atoms with E-state index in [0.29, 0.717) is 11.3 Å². The highest BCUT2D eigenvalue weighted by Crippen LogP contribution is 2.30. The molecule has 5 nitrogen and oxygen atoms in total. The molecule has 0 fully saturated rings. The standard InChI is InChI=1S/C25H30O5/c1-16-14-18(8-13-21(27)19-9-11-20(26)12-10-19)15-17(2)22(16)29-25(6,7)23(28)30-24(3,4)5/h8-15,26H,1-7H3/b13-8+. The predicted molar refractivity (Wildman–Crippen MR) is 118 cm³/mol. The minimum absolute atomic E-state index is 0.117. The Morgan fingerprint density at radius 3 is 1.97 bits per heavy atom. The van der Waals surface area contributed by atoms with E-state index in [0.717, 1.165) is 16.7 Å². The highest BCUT2D eigenvalue weighted by Gasteiger charge is 2.35. The first-order valence-corrected chi connectivity index (χ1v) is 9.84. The second-order valence-electron chi connectivity index (χ2n) is 8.84. The Morgan fingerprint density at radius 2 is 1.47 bits per heavy atom. The number of aromatic hydroxyl groups is 1. The van der Waals surface area contributed by atoms with Crippen LogP contribution in [0.5, 0.6) is 11.5 Å². The van der Waals surface area contributed by atoms with Crippen molar-refractivity contribution in [3.8, 4) is 11.5 Å². The van der Waals surface area contributed by atoms with Crippen LogP contribution in [0, 0.1) is 13.8 Å². The minimum atomic E-state index is -1.14. The van der Waals surface area contributed by atoms with Gasteiger partial charge in [-0.05, 0) is 108 Å². The van der Waals surface area contributed by atoms with Crippen molar-refractivity contribution in [3.05, 3.63) is 64.7 Å². The van der Waals surface area contributed by atoms with Crippen LogP contribution in [-0.2, 0) is 9.53 Å². The van der Waals surface area contributed by atoms with Crippen molar-refractivity contribution in [1.82, 2.24) is 0 Å². The molecule has 2 aromatic carbocycles. The maximum Gasteiger partial charge on any atom is 0.350 e. The maximum atomic E-state index is 12.5. The number of hydrogen-bond acceptors (Lipinski definition) is 5. The van der Waals surface area contributed by atoms with Gasteiger partial charge in [-0.25, -0.2) is 4.79 Å². The topological polar surface area (TPSA) is 72.8 Å². The van der Waals surface area contributed by atoms with Gasteiger partial charge in [-0.15, -0.1) is 0 Å². The minimum Gasteiger partial charge on any atom is -0.508 e. The molecule has 0 aliphatic rings. The van der Waals surface area contributed by atoms with Crippen LogP contribution in [0.15, 0.2) is 42.5 Å². The number of carbonyl (C=O) groups excluding carboxylic acids is 2. The smallest absolute Gasteiger partial charge is 0.350 e. The van der Waals surface area contributed by atoms with Crippen molar-refractivity contribution in [3.63, 3.8) is 0 Å². The molecule has 0 atom stereocenters. The van der Waals surface area contributed by atoms with Crippen molar-refractivity contribution in [2.24, 2.45) is 0 Å². The van der Waals surface area contributed by atoms with Gasteiger partial charge in [0.25, 0.3) is 0 Å². The molecule has 2 aromatic rings. The van der Waals surface area contributed by atoms with Gasteiger partial charge < -0.3 is 14.6 Å². The van der Waals surface area contributed by atoms with Crippen LogP contribution in [0.2, 0.25) is 0 Å². The highest BCUT2D eigenvalue weighted by molar-refractivity contribution is 6.06. The van der Waals surface area contributed by atoms with E-state index in [1.165, 1.54) is 18.2 Å². The molecule has 0 radical (unpaired) electrons. The lowest BCUT2D eigenvalue weighted by Gasteiger charge is -2.30. The molecular weight excluding hydrogens is 380 g/mol. The number of hydrogen-bond donors (Lipinski definition) is 1. The summed E-state index contributed by atoms with van der Waals surface area (Å²) < 4.78 is 11.5. The first-order valence-electron chi connectivity index (χ1n) is 9.84. The summed E-state index contributed by atoms with van der Waals surface area (Å²) in [7, 11) is 0. The number of phenols is 1. The number of carbonyl (C=O) groups is 2. The van der Waals surface area contributed by atoms with Crippen molar-refractivity contribution < 1.29 is 24.2 Å². The fraction of sp³-hybridized carbons (Fsp3) is 0.360. The van der Waals surface area contributed by atoms with Gasteiger partial charge in [0.15, 0.2) is 11.4 Å². The molecular formula is C25H30O5. The lowest BCUT2D eigenvalue weighted by Crippen LogP contribution is -2.43. The largest absolute Gasteiger partial charge is 0.508 e. The summed E-state index contributed by atoms with van der Waals surface area (Å²) in [6.07, 6.45) is 3.23. The molecule has 0 aliphatic heterocycles. The van der Waals surface area contributed by atoms with Gasteiger partial charge in [0.05, 0.1) is 0 Å². The fourth-order valence-electron chi connectivity index (χ4n) is 2.83. The van der Waals surface area contributed by atoms with Crippen molar-refractivity contribution in [2.45, 2.75) is 59.7 Å². The average Bonchev–Trinajstić information content (AvgIpc) is 2.62. The third-order valence-corrected chi connectivity index (χ3v) is 4.31. The van der Waals surface area contributed by atoms with Crippen molar-refractivity contribution in [1.29, 1.82) is 0 Å². The normalized spacial score (nSPS) is 12.1. The van der Waals surface area contributed by atoms with Crippen LogP contribution < -0.4 is 4.74 Å². The zero-order valence-corrected chi connectivity index (χ0v) is 18.7. The predicted octanol–water partition coefficient (Wildman–Crippen LogP) is 5.40. The third-order valence-electron chi connectivity index (χ3n) is 4.31. The quantitative estimate of drug-likeness (QED) is 0.392. The van der Waals surface area contributed by atoms with E-state index < -0.39 is 17.2 Å². The molecule has 0 saturated heterocycles. The van der Waals surface area contributed by atoms with Gasteiger partial charge in [0.1, 0.15) is 17.1 Å². The number of benzene rings is 2. The molecule has 0 aliphatic carbocycles. The van der Waals surface area contributed by atoms with E-state index in [4.69, 9.17) is 9.47 Å². The summed E-state index contributed by atoms with van der Waals surface area (Å²) >= 11 is 0. The Morgan fingerprint density at radius 1 is 0.933 bits per heavy atom. The van der Waals surface area contributed by atoms with Crippen molar-refractivity contribution in [2.75, 3.05) is 0 Å². The molecule has 5 heteroatoms. The molecule has 0 heterocycles. The van der Waals surface area contributed by atoms with Gasteiger partial charge in [-0.3, -0.25) is 4.79 Å². The molecule has 0 aromatic heterocycles. The van der Waals surface area contributed by atoms with Gasteiger partial charge in [0.2, 0.25) is 0 Å². The summed E-state index contributed by atoms with van der Waals surface area (Å²) in [5.74, 6) is 0.147. The Labute approximate surface area is 178 Å². The maximum absolute atomic E-state index is 12.5. The second kappa shape index (κ2) is 8.74. The number of allylic oxidation sites excluding steroid dienone is 1. The van der Waals surface area contributed by atoms with Crippen LogP contribution in [0.1, 0.15) is 61.7 Å². The van der Waals surface area contributed by atoms with Crippen LogP contribution in [0.3, 0.4) is 0 Å². The molecule has 0 bridgehead atoms. The Kier molecular flexibility index (Phi) is 6.76. The summed E-state index contributed by atoms with van der Waals surface area (Å²) in [5.41, 5.74) is 1.30. The number of ketones is 1. The van der Waals surface area contributed by atoms with Crippen LogP contribution in [-0.4, -0.2) is 28.1 Å². The van der Waals surface area contributed by atoms with E-state index in [9.17, 15) is 14.7 Å². The van der Waals surface area contributed by atoms with E-state index >= 15 is 0 Å². The number of ether oxygens (including phenoxy) is 2. The number of phenolic OH excluding ortho intramolecular Hbond substituents is 1. The number of rotatable bonds is 6. The zero-order valence-electron chi connectivity index (χ0n) is 18.7. The molecule has 0 amide bonds. The Balaban J connectivity index is 2.19. The number of aryl methyl sites for hydroxylation is 2. The van der Waals surface area contributed by atoms with Crippen molar-refractivity contribution >= 4 is 17.8 Å². The molecule has 160 valence electrons. The molecule has 2 rings (SSSR count). The Bertz CT molecular complexity index is 937. The molecule has 0 unspecified atom stereocenters. The van der Waals surface area contributed by atoms with E-state index in [1.54, 1.807) is 32.1 Å². The van der Waals surface area contributed by atoms with E-state index in [1.807, 2.05) is 46.8 Å². The fourth-order valence-corrected chi connectivity index (χ4v) is 2.83. The first kappa shape index (κ1) is 23.2. The molecule has 30 heavy (non-hydrogen) atoms. The average molecular weight is 411 g/mol. The SMILES string of the molecule is Cc1cc(/C=C/C(=O)c2ccc(O)cc2)cc(C)c1OC(C)(C)C(=O)OC(C)(C)C. The second-order valence-corrected chi connectivity index (χ2v) is 8.84. The van der Waals surface area contributed by atoms with Gasteiger partial charge >= 0.3 is 5.97 Å². The van der Waals surface area contributed by atoms with Crippen LogP contribution in [0.4, 0.5) is 0 Å². The number of esters is 1. The lowest BCUT2D eigenvalue weighted by molar-refractivity contribution is -0.171. The summed E-state index contributed by atoms with van der Waals surface area (Å²) in [5, 5.41) is 9.33. The van der Waals surface area contributed by atoms with Gasteiger partial charge in [-0.2, -0.15) is 0 Å². The summed E-state index contributed by atoms with van der Waals surface area (Å²) in [6, 6.07) is 9.91. The zero-order chi connectivity index (χ0) is 22.7. The Hall–Kier alpha value is -3.08. The molecule has 0 saturated carbocycles. The summed E-state index contributed by atoms with van der Waals surface area (Å²) in [4.78, 5) is 24.8. The summed E-state index contributed by atoms with van der Waals surface area (Å²) in [6.45, 7) is 12.6. The highest BCUT2D eigenvalue weighted by atomic mass is 16.6. The third kappa shape index (κ3) is 6.21.